The van der Waals surface area contributed by atoms with Crippen molar-refractivity contribution in [1.82, 2.24) is 9.71 Å². The van der Waals surface area contributed by atoms with Gasteiger partial charge in [0.2, 0.25) is 0 Å². The van der Waals surface area contributed by atoms with Crippen molar-refractivity contribution in [2.75, 3.05) is 0 Å². The molecule has 0 aliphatic carbocycles. The average Bonchev–Trinajstić information content (AvgIpc) is 2.76. The molecular formula is C14H12N2O3. The minimum absolute atomic E-state index is 0.248. The van der Waals surface area contributed by atoms with E-state index in [1.165, 1.54) is 6.07 Å². The van der Waals surface area contributed by atoms with Crippen LogP contribution in [0.3, 0.4) is 0 Å². The van der Waals surface area contributed by atoms with Crippen LogP contribution in [-0.2, 0) is 0 Å². The molecule has 2 aromatic carbocycles. The molecule has 3 aromatic rings. The molecular weight excluding hydrogens is 244 g/mol. The van der Waals surface area contributed by atoms with Gasteiger partial charge in [-0.05, 0) is 19.1 Å². The first-order valence-corrected chi connectivity index (χ1v) is 5.79. The molecule has 0 amide bonds. The second-order valence-electron chi connectivity index (χ2n) is 4.36. The quantitative estimate of drug-likeness (QED) is 0.420. The van der Waals surface area contributed by atoms with Crippen molar-refractivity contribution in [2.45, 2.75) is 6.92 Å². The summed E-state index contributed by atoms with van der Waals surface area (Å²) in [7, 11) is 0. The third-order valence-corrected chi connectivity index (χ3v) is 3.02. The Morgan fingerprint density at radius 1 is 1.11 bits per heavy atom. The molecule has 0 saturated heterocycles. The Morgan fingerprint density at radius 2 is 1.84 bits per heavy atom. The van der Waals surface area contributed by atoms with Gasteiger partial charge in [-0.25, -0.2) is 10.2 Å². The number of aromatic nitrogens is 2. The summed E-state index contributed by atoms with van der Waals surface area (Å²) in [4.78, 5) is 8.52. The minimum Gasteiger partial charge on any atom is -0.426 e. The standard InChI is InChI=1S/C14H12N2O3/c1-9-2-4-10(5-3-9)14-15-12-7-6-11(19-18)8-13(12)16(14)17/h2-8,17-18H,1H3. The highest BCUT2D eigenvalue weighted by Gasteiger charge is 2.12. The molecule has 0 spiro atoms. The number of aryl methyl sites for hydroxylation is 1. The summed E-state index contributed by atoms with van der Waals surface area (Å²) >= 11 is 0. The molecule has 96 valence electrons. The van der Waals surface area contributed by atoms with Gasteiger partial charge in [0.25, 0.3) is 0 Å². The van der Waals surface area contributed by atoms with E-state index in [1.807, 2.05) is 31.2 Å². The summed E-state index contributed by atoms with van der Waals surface area (Å²) in [6.07, 6.45) is 0. The van der Waals surface area contributed by atoms with Crippen molar-refractivity contribution in [1.29, 1.82) is 0 Å². The van der Waals surface area contributed by atoms with E-state index in [0.29, 0.717) is 16.9 Å². The van der Waals surface area contributed by atoms with Crippen molar-refractivity contribution >= 4 is 11.0 Å². The predicted octanol–water partition coefficient (Wildman–Crippen LogP) is 3.10. The SMILES string of the molecule is Cc1ccc(-c2nc3ccc(OO)cc3n2O)cc1. The summed E-state index contributed by atoms with van der Waals surface area (Å²) in [6, 6.07) is 12.5. The molecule has 0 atom stereocenters. The lowest BCUT2D eigenvalue weighted by atomic mass is 10.1. The molecule has 0 fully saturated rings. The van der Waals surface area contributed by atoms with Gasteiger partial charge in [0.1, 0.15) is 5.52 Å². The third kappa shape index (κ3) is 1.90. The van der Waals surface area contributed by atoms with Crippen LogP contribution in [0.25, 0.3) is 22.4 Å². The fourth-order valence-electron chi connectivity index (χ4n) is 1.99. The zero-order chi connectivity index (χ0) is 13.4. The first kappa shape index (κ1) is 11.6. The molecule has 5 nitrogen and oxygen atoms in total. The molecule has 0 unspecified atom stereocenters. The Balaban J connectivity index is 2.19. The van der Waals surface area contributed by atoms with Crippen LogP contribution in [0.1, 0.15) is 5.56 Å². The molecule has 2 N–H and O–H groups in total. The maximum absolute atomic E-state index is 10.1. The molecule has 0 radical (unpaired) electrons. The molecule has 0 aliphatic heterocycles. The van der Waals surface area contributed by atoms with E-state index in [0.717, 1.165) is 15.9 Å². The molecule has 0 saturated carbocycles. The average molecular weight is 256 g/mol. The van der Waals surface area contributed by atoms with E-state index in [4.69, 9.17) is 5.26 Å². The van der Waals surface area contributed by atoms with Crippen molar-refractivity contribution in [3.8, 4) is 17.1 Å². The Bertz CT molecular complexity index is 732. The van der Waals surface area contributed by atoms with Crippen molar-refractivity contribution in [3.63, 3.8) is 0 Å². The Morgan fingerprint density at radius 3 is 2.53 bits per heavy atom. The molecule has 5 heteroatoms. The summed E-state index contributed by atoms with van der Waals surface area (Å²) in [5, 5.41) is 18.8. The summed E-state index contributed by atoms with van der Waals surface area (Å²) in [5.74, 6) is 0.697. The van der Waals surface area contributed by atoms with Gasteiger partial charge < -0.3 is 10.1 Å². The zero-order valence-corrected chi connectivity index (χ0v) is 10.2. The van der Waals surface area contributed by atoms with Crippen molar-refractivity contribution in [3.05, 3.63) is 48.0 Å². The van der Waals surface area contributed by atoms with Crippen LogP contribution in [0.4, 0.5) is 0 Å². The van der Waals surface area contributed by atoms with Gasteiger partial charge in [-0.15, -0.1) is 0 Å². The van der Waals surface area contributed by atoms with E-state index in [-0.39, 0.29) is 5.75 Å². The Labute approximate surface area is 109 Å². The third-order valence-electron chi connectivity index (χ3n) is 3.02. The van der Waals surface area contributed by atoms with Gasteiger partial charge in [0.05, 0.1) is 5.52 Å². The maximum Gasteiger partial charge on any atom is 0.176 e. The highest BCUT2D eigenvalue weighted by atomic mass is 17.1. The number of benzene rings is 2. The Hall–Kier alpha value is -2.53. The second kappa shape index (κ2) is 4.29. The first-order chi connectivity index (χ1) is 9.19. The van der Waals surface area contributed by atoms with E-state index >= 15 is 0 Å². The lowest BCUT2D eigenvalue weighted by molar-refractivity contribution is -0.137. The van der Waals surface area contributed by atoms with Crippen LogP contribution >= 0.6 is 0 Å². The molecule has 1 heterocycles. The van der Waals surface area contributed by atoms with Gasteiger partial charge in [0, 0.05) is 11.6 Å². The lowest BCUT2D eigenvalue weighted by Crippen LogP contribution is -1.94. The monoisotopic (exact) mass is 256 g/mol. The van der Waals surface area contributed by atoms with Crippen LogP contribution in [0, 0.1) is 6.92 Å². The summed E-state index contributed by atoms with van der Waals surface area (Å²) in [6.45, 7) is 2.00. The van der Waals surface area contributed by atoms with Crippen molar-refractivity contribution < 1.29 is 15.4 Å². The number of hydrogen-bond donors (Lipinski definition) is 2. The summed E-state index contributed by atoms with van der Waals surface area (Å²) < 4.78 is 0.989. The first-order valence-electron chi connectivity index (χ1n) is 5.79. The molecule has 19 heavy (non-hydrogen) atoms. The van der Waals surface area contributed by atoms with Crippen LogP contribution < -0.4 is 4.89 Å². The predicted molar refractivity (Wildman–Crippen MR) is 70.3 cm³/mol. The number of fused-ring (bicyclic) bond motifs is 1. The minimum atomic E-state index is 0.248. The van der Waals surface area contributed by atoms with Crippen LogP contribution in [-0.4, -0.2) is 20.2 Å². The molecule has 0 bridgehead atoms. The molecule has 0 aliphatic rings. The van der Waals surface area contributed by atoms with Gasteiger partial charge in [0.15, 0.2) is 11.6 Å². The number of nitrogens with zero attached hydrogens (tertiary/aromatic N) is 2. The van der Waals surface area contributed by atoms with E-state index in [9.17, 15) is 5.21 Å². The van der Waals surface area contributed by atoms with Gasteiger partial charge >= 0.3 is 0 Å². The van der Waals surface area contributed by atoms with E-state index in [2.05, 4.69) is 9.87 Å². The van der Waals surface area contributed by atoms with Gasteiger partial charge in [-0.3, -0.25) is 0 Å². The molecule has 3 rings (SSSR count). The number of rotatable bonds is 2. The van der Waals surface area contributed by atoms with Crippen LogP contribution in [0.15, 0.2) is 42.5 Å². The second-order valence-corrected chi connectivity index (χ2v) is 4.36. The fourth-order valence-corrected chi connectivity index (χ4v) is 1.99. The van der Waals surface area contributed by atoms with E-state index < -0.39 is 0 Å². The Kier molecular flexibility index (Phi) is 2.61. The molecule has 1 aromatic heterocycles. The fraction of sp³-hybridized carbons (Fsp3) is 0.0714. The van der Waals surface area contributed by atoms with Gasteiger partial charge in [-0.1, -0.05) is 29.8 Å². The van der Waals surface area contributed by atoms with Gasteiger partial charge in [-0.2, -0.15) is 4.73 Å². The van der Waals surface area contributed by atoms with Crippen LogP contribution in [0.2, 0.25) is 0 Å². The smallest absolute Gasteiger partial charge is 0.176 e. The number of imidazole rings is 1. The van der Waals surface area contributed by atoms with Crippen LogP contribution in [0.5, 0.6) is 5.75 Å². The normalized spacial score (nSPS) is 10.8. The lowest BCUT2D eigenvalue weighted by Gasteiger charge is -2.01. The number of hydrogen-bond acceptors (Lipinski definition) is 4. The highest BCUT2D eigenvalue weighted by molar-refractivity contribution is 5.81. The van der Waals surface area contributed by atoms with Crippen molar-refractivity contribution in [2.24, 2.45) is 0 Å². The van der Waals surface area contributed by atoms with E-state index in [1.54, 1.807) is 12.1 Å². The zero-order valence-electron chi connectivity index (χ0n) is 10.2. The largest absolute Gasteiger partial charge is 0.426 e. The maximum atomic E-state index is 10.1. The summed E-state index contributed by atoms with van der Waals surface area (Å²) in [5.41, 5.74) is 3.05. The topological polar surface area (TPSA) is 67.5 Å². The highest BCUT2D eigenvalue weighted by Crippen LogP contribution is 2.26.